The van der Waals surface area contributed by atoms with Crippen LogP contribution in [0.25, 0.3) is 0 Å². The van der Waals surface area contributed by atoms with Crippen molar-refractivity contribution < 1.29 is 14.2 Å². The average molecular weight is 256 g/mol. The van der Waals surface area contributed by atoms with Gasteiger partial charge >= 0.3 is 0 Å². The van der Waals surface area contributed by atoms with Crippen molar-refractivity contribution in [2.24, 2.45) is 0 Å². The molecule has 2 nitrogen and oxygen atoms in total. The van der Waals surface area contributed by atoms with Gasteiger partial charge in [-0.05, 0) is 31.4 Å². The third-order valence-electron chi connectivity index (χ3n) is 2.89. The molecule has 1 N–H and O–H groups in total. The summed E-state index contributed by atoms with van der Waals surface area (Å²) in [6.07, 6.45) is 1.72. The molecular formula is C13H17FO2S. The molecule has 0 aliphatic carbocycles. The van der Waals surface area contributed by atoms with Gasteiger partial charge in [-0.15, -0.1) is 11.8 Å². The van der Waals surface area contributed by atoms with Crippen LogP contribution in [-0.2, 0) is 4.74 Å². The number of benzene rings is 1. The van der Waals surface area contributed by atoms with Crippen LogP contribution >= 0.6 is 11.8 Å². The van der Waals surface area contributed by atoms with Gasteiger partial charge < -0.3 is 9.84 Å². The van der Waals surface area contributed by atoms with Crippen molar-refractivity contribution in [1.82, 2.24) is 0 Å². The Morgan fingerprint density at radius 2 is 2.41 bits per heavy atom. The third-order valence-corrected chi connectivity index (χ3v) is 4.14. The summed E-state index contributed by atoms with van der Waals surface area (Å²) >= 11 is 1.44. The van der Waals surface area contributed by atoms with E-state index >= 15 is 0 Å². The Morgan fingerprint density at radius 3 is 3.06 bits per heavy atom. The van der Waals surface area contributed by atoms with Crippen molar-refractivity contribution in [3.8, 4) is 0 Å². The number of hydrogen-bond acceptors (Lipinski definition) is 3. The van der Waals surface area contributed by atoms with Gasteiger partial charge in [0.05, 0.1) is 12.2 Å². The van der Waals surface area contributed by atoms with Crippen LogP contribution in [0.2, 0.25) is 0 Å². The number of aliphatic hydroxyl groups is 1. The summed E-state index contributed by atoms with van der Waals surface area (Å²) < 4.78 is 19.2. The molecule has 17 heavy (non-hydrogen) atoms. The molecule has 2 atom stereocenters. The van der Waals surface area contributed by atoms with Crippen LogP contribution in [0.4, 0.5) is 4.39 Å². The summed E-state index contributed by atoms with van der Waals surface area (Å²) in [7, 11) is 0. The summed E-state index contributed by atoms with van der Waals surface area (Å²) in [5.74, 6) is 0.493. The highest BCUT2D eigenvalue weighted by atomic mass is 32.2. The normalized spacial score (nSPS) is 21.7. The van der Waals surface area contributed by atoms with Crippen LogP contribution in [0.3, 0.4) is 0 Å². The van der Waals surface area contributed by atoms with E-state index in [9.17, 15) is 9.50 Å². The molecule has 0 spiro atoms. The highest BCUT2D eigenvalue weighted by Crippen LogP contribution is 2.32. The van der Waals surface area contributed by atoms with Gasteiger partial charge in [-0.3, -0.25) is 0 Å². The summed E-state index contributed by atoms with van der Waals surface area (Å²) in [5.41, 5.74) is 0.660. The number of halogens is 1. The number of hydrogen-bond donors (Lipinski definition) is 1. The smallest absolute Gasteiger partial charge is 0.137 e. The van der Waals surface area contributed by atoms with Gasteiger partial charge in [-0.25, -0.2) is 4.39 Å². The van der Waals surface area contributed by atoms with E-state index in [1.807, 2.05) is 0 Å². The fraction of sp³-hybridized carbons (Fsp3) is 0.538. The molecule has 4 heteroatoms. The van der Waals surface area contributed by atoms with E-state index in [2.05, 4.69) is 0 Å². The van der Waals surface area contributed by atoms with E-state index < -0.39 is 6.10 Å². The first kappa shape index (κ1) is 12.9. The molecule has 0 amide bonds. The van der Waals surface area contributed by atoms with E-state index in [-0.39, 0.29) is 11.9 Å². The van der Waals surface area contributed by atoms with Gasteiger partial charge in [0.25, 0.3) is 0 Å². The first-order chi connectivity index (χ1) is 8.18. The second kappa shape index (κ2) is 5.85. The summed E-state index contributed by atoms with van der Waals surface area (Å²) in [6, 6.07) is 4.84. The van der Waals surface area contributed by atoms with Crippen LogP contribution in [0, 0.1) is 5.82 Å². The molecule has 1 aromatic rings. The number of rotatable bonds is 4. The third kappa shape index (κ3) is 3.21. The van der Waals surface area contributed by atoms with Crippen molar-refractivity contribution in [2.75, 3.05) is 12.4 Å². The van der Waals surface area contributed by atoms with Crippen molar-refractivity contribution in [1.29, 1.82) is 0 Å². The largest absolute Gasteiger partial charge is 0.389 e. The molecule has 0 saturated carbocycles. The second-order valence-corrected chi connectivity index (χ2v) is 5.31. The molecule has 1 fully saturated rings. The average Bonchev–Trinajstić information content (AvgIpc) is 2.80. The Balaban J connectivity index is 2.07. The van der Waals surface area contributed by atoms with Crippen molar-refractivity contribution >= 4 is 11.8 Å². The Bertz CT molecular complexity index is 376. The second-order valence-electron chi connectivity index (χ2n) is 4.28. The molecule has 2 rings (SSSR count). The molecule has 1 aliphatic heterocycles. The lowest BCUT2D eigenvalue weighted by Crippen LogP contribution is -2.08. The monoisotopic (exact) mass is 256 g/mol. The van der Waals surface area contributed by atoms with Crippen LogP contribution in [0.1, 0.15) is 31.4 Å². The first-order valence-corrected chi connectivity index (χ1v) is 6.88. The van der Waals surface area contributed by atoms with E-state index in [0.29, 0.717) is 10.5 Å². The maximum absolute atomic E-state index is 13.7. The Morgan fingerprint density at radius 1 is 1.59 bits per heavy atom. The summed E-state index contributed by atoms with van der Waals surface area (Å²) in [4.78, 5) is 0.554. The lowest BCUT2D eigenvalue weighted by Gasteiger charge is -2.14. The number of thioether (sulfide) groups is 1. The molecule has 94 valence electrons. The van der Waals surface area contributed by atoms with Crippen LogP contribution < -0.4 is 0 Å². The van der Waals surface area contributed by atoms with Crippen molar-refractivity contribution in [3.63, 3.8) is 0 Å². The molecule has 0 bridgehead atoms. The minimum absolute atomic E-state index is 0.224. The summed E-state index contributed by atoms with van der Waals surface area (Å²) in [5, 5.41) is 9.61. The van der Waals surface area contributed by atoms with Crippen LogP contribution in [0.5, 0.6) is 0 Å². The zero-order valence-corrected chi connectivity index (χ0v) is 10.7. The van der Waals surface area contributed by atoms with E-state index in [0.717, 1.165) is 25.2 Å². The fourth-order valence-corrected chi connectivity index (χ4v) is 3.19. The van der Waals surface area contributed by atoms with Gasteiger partial charge in [-0.2, -0.15) is 0 Å². The van der Waals surface area contributed by atoms with E-state index in [1.54, 1.807) is 19.1 Å². The predicted molar refractivity (Wildman–Crippen MR) is 66.7 cm³/mol. The van der Waals surface area contributed by atoms with Crippen LogP contribution in [0.15, 0.2) is 23.1 Å². The van der Waals surface area contributed by atoms with Gasteiger partial charge in [0.1, 0.15) is 5.82 Å². The minimum Gasteiger partial charge on any atom is -0.389 e. The molecule has 1 aliphatic rings. The molecular weight excluding hydrogens is 239 g/mol. The fourth-order valence-electron chi connectivity index (χ4n) is 1.96. The molecule has 1 aromatic carbocycles. The first-order valence-electron chi connectivity index (χ1n) is 5.89. The highest BCUT2D eigenvalue weighted by molar-refractivity contribution is 7.99. The maximum atomic E-state index is 13.7. The predicted octanol–water partition coefficient (Wildman–Crippen LogP) is 3.15. The quantitative estimate of drug-likeness (QED) is 0.839. The lowest BCUT2D eigenvalue weighted by molar-refractivity contribution is 0.129. The van der Waals surface area contributed by atoms with Crippen molar-refractivity contribution in [3.05, 3.63) is 29.6 Å². The highest BCUT2D eigenvalue weighted by Gasteiger charge is 2.18. The maximum Gasteiger partial charge on any atom is 0.137 e. The van der Waals surface area contributed by atoms with Crippen LogP contribution in [-0.4, -0.2) is 23.6 Å². The number of aliphatic hydroxyl groups excluding tert-OH is 1. The molecule has 0 radical (unpaired) electrons. The topological polar surface area (TPSA) is 29.5 Å². The van der Waals surface area contributed by atoms with Gasteiger partial charge in [0.2, 0.25) is 0 Å². The Labute approximate surface area is 105 Å². The standard InChI is InChI=1S/C13H17FO2S/c1-9(15)11-5-2-6-12(14)13(11)17-8-10-4-3-7-16-10/h2,5-6,9-10,15H,3-4,7-8H2,1H3/t9-,10?/m0/s1. The molecule has 1 unspecified atom stereocenters. The molecule has 1 saturated heterocycles. The van der Waals surface area contributed by atoms with Crippen molar-refractivity contribution in [2.45, 2.75) is 36.9 Å². The van der Waals surface area contributed by atoms with Gasteiger partial charge in [0, 0.05) is 17.3 Å². The summed E-state index contributed by atoms with van der Waals surface area (Å²) in [6.45, 7) is 2.47. The lowest BCUT2D eigenvalue weighted by atomic mass is 10.1. The SMILES string of the molecule is C[C@H](O)c1cccc(F)c1SCC1CCCO1. The zero-order chi connectivity index (χ0) is 12.3. The number of ether oxygens (including phenoxy) is 1. The van der Waals surface area contributed by atoms with Gasteiger partial charge in [-0.1, -0.05) is 12.1 Å². The Kier molecular flexibility index (Phi) is 4.42. The van der Waals surface area contributed by atoms with E-state index in [1.165, 1.54) is 17.8 Å². The van der Waals surface area contributed by atoms with Gasteiger partial charge in [0.15, 0.2) is 0 Å². The molecule has 0 aromatic heterocycles. The van der Waals surface area contributed by atoms with E-state index in [4.69, 9.17) is 4.74 Å². The molecule has 1 heterocycles. The Hall–Kier alpha value is -0.580. The minimum atomic E-state index is -0.641. The zero-order valence-electron chi connectivity index (χ0n) is 9.86.